The maximum atomic E-state index is 9.03. The lowest BCUT2D eigenvalue weighted by Crippen LogP contribution is -1.99. The van der Waals surface area contributed by atoms with E-state index < -0.39 is 0 Å². The lowest BCUT2D eigenvalue weighted by Gasteiger charge is -2.08. The maximum Gasteiger partial charge on any atom is 0.138 e. The summed E-state index contributed by atoms with van der Waals surface area (Å²) in [7, 11) is 0. The van der Waals surface area contributed by atoms with Crippen molar-refractivity contribution in [3.8, 4) is 11.8 Å². The molecule has 0 saturated carbocycles. The summed E-state index contributed by atoms with van der Waals surface area (Å²) in [6, 6.07) is 7.41. The van der Waals surface area contributed by atoms with Gasteiger partial charge in [-0.3, -0.25) is 0 Å². The minimum atomic E-state index is 0.439. The molecule has 0 spiro atoms. The normalized spacial score (nSPS) is 10.2. The second-order valence-corrected chi connectivity index (χ2v) is 5.46. The zero-order valence-electron chi connectivity index (χ0n) is 12.3. The quantitative estimate of drug-likeness (QED) is 0.516. The van der Waals surface area contributed by atoms with Crippen LogP contribution < -0.4 is 4.74 Å². The molecule has 0 fully saturated rings. The Morgan fingerprint density at radius 1 is 1.05 bits per heavy atom. The van der Waals surface area contributed by atoms with E-state index in [0.29, 0.717) is 22.9 Å². The minimum Gasteiger partial charge on any atom is -0.492 e. The van der Waals surface area contributed by atoms with Gasteiger partial charge in [0.05, 0.1) is 11.6 Å². The molecule has 0 aliphatic carbocycles. The molecule has 2 nitrogen and oxygen atoms in total. The molecule has 0 N–H and O–H groups in total. The molecule has 1 aromatic carbocycles. The summed E-state index contributed by atoms with van der Waals surface area (Å²) in [4.78, 5) is 0. The highest BCUT2D eigenvalue weighted by Gasteiger charge is 2.06. The van der Waals surface area contributed by atoms with E-state index in [1.54, 1.807) is 12.1 Å². The molecule has 3 heteroatoms. The molecular formula is C17H24ClNO. The van der Waals surface area contributed by atoms with Crippen LogP contribution in [-0.4, -0.2) is 6.61 Å². The average molecular weight is 294 g/mol. The van der Waals surface area contributed by atoms with Gasteiger partial charge in [-0.05, 0) is 18.6 Å². The molecule has 0 atom stereocenters. The summed E-state index contributed by atoms with van der Waals surface area (Å²) in [6.07, 6.45) is 10.2. The van der Waals surface area contributed by atoms with Gasteiger partial charge in [0.1, 0.15) is 17.4 Å². The van der Waals surface area contributed by atoms with Gasteiger partial charge in [0.25, 0.3) is 0 Å². The van der Waals surface area contributed by atoms with Crippen LogP contribution in [0.15, 0.2) is 18.2 Å². The van der Waals surface area contributed by atoms with Crippen LogP contribution >= 0.6 is 11.6 Å². The van der Waals surface area contributed by atoms with Gasteiger partial charge in [-0.25, -0.2) is 0 Å². The molecule has 0 aromatic heterocycles. The predicted octanol–water partition coefficient (Wildman–Crippen LogP) is 5.73. The maximum absolute atomic E-state index is 9.03. The third-order valence-electron chi connectivity index (χ3n) is 3.34. The van der Waals surface area contributed by atoms with Crippen molar-refractivity contribution in [3.63, 3.8) is 0 Å². The second kappa shape index (κ2) is 10.6. The molecular weight excluding hydrogens is 270 g/mol. The first-order valence-electron chi connectivity index (χ1n) is 7.61. The number of nitrogens with zero attached hydrogens (tertiary/aromatic N) is 1. The lowest BCUT2D eigenvalue weighted by atomic mass is 10.1. The Labute approximate surface area is 127 Å². The van der Waals surface area contributed by atoms with Crippen molar-refractivity contribution in [1.82, 2.24) is 0 Å². The molecule has 20 heavy (non-hydrogen) atoms. The van der Waals surface area contributed by atoms with E-state index in [4.69, 9.17) is 21.6 Å². The molecule has 1 aromatic rings. The second-order valence-electron chi connectivity index (χ2n) is 5.05. The fourth-order valence-electron chi connectivity index (χ4n) is 2.15. The lowest BCUT2D eigenvalue weighted by molar-refractivity contribution is 0.303. The van der Waals surface area contributed by atoms with Gasteiger partial charge in [-0.15, -0.1) is 0 Å². The summed E-state index contributed by atoms with van der Waals surface area (Å²) in [5.74, 6) is 0.600. The largest absolute Gasteiger partial charge is 0.492 e. The number of rotatable bonds is 10. The Morgan fingerprint density at radius 3 is 2.35 bits per heavy atom. The summed E-state index contributed by atoms with van der Waals surface area (Å²) >= 11 is 5.95. The number of ether oxygens (including phenoxy) is 1. The standard InChI is InChI=1S/C17H24ClNO/c1-2-3-4-5-6-7-8-9-13-20-17-12-10-11-16(18)15(17)14-19/h10-12H,2-9,13H2,1H3. The third-order valence-corrected chi connectivity index (χ3v) is 3.66. The summed E-state index contributed by atoms with van der Waals surface area (Å²) in [5, 5.41) is 9.49. The van der Waals surface area contributed by atoms with Gasteiger partial charge in [0, 0.05) is 0 Å². The zero-order chi connectivity index (χ0) is 14.6. The predicted molar refractivity (Wildman–Crippen MR) is 84.3 cm³/mol. The zero-order valence-corrected chi connectivity index (χ0v) is 13.1. The van der Waals surface area contributed by atoms with Gasteiger partial charge >= 0.3 is 0 Å². The van der Waals surface area contributed by atoms with Crippen LogP contribution in [0.25, 0.3) is 0 Å². The highest BCUT2D eigenvalue weighted by Crippen LogP contribution is 2.25. The van der Waals surface area contributed by atoms with E-state index >= 15 is 0 Å². The fourth-order valence-corrected chi connectivity index (χ4v) is 2.36. The van der Waals surface area contributed by atoms with Gasteiger partial charge in [0.15, 0.2) is 0 Å². The van der Waals surface area contributed by atoms with Crippen LogP contribution in [0.3, 0.4) is 0 Å². The molecule has 0 unspecified atom stereocenters. The first-order chi connectivity index (χ1) is 9.79. The number of benzene rings is 1. The van der Waals surface area contributed by atoms with Crippen LogP contribution in [0.1, 0.15) is 63.9 Å². The molecule has 0 heterocycles. The SMILES string of the molecule is CCCCCCCCCCOc1cccc(Cl)c1C#N. The van der Waals surface area contributed by atoms with E-state index in [9.17, 15) is 0 Å². The van der Waals surface area contributed by atoms with Crippen molar-refractivity contribution in [1.29, 1.82) is 5.26 Å². The molecule has 0 aliphatic heterocycles. The molecule has 0 saturated heterocycles. The van der Waals surface area contributed by atoms with Crippen molar-refractivity contribution in [2.24, 2.45) is 0 Å². The van der Waals surface area contributed by atoms with Crippen LogP contribution in [0.2, 0.25) is 5.02 Å². The number of unbranched alkanes of at least 4 members (excludes halogenated alkanes) is 7. The molecule has 1 rings (SSSR count). The van der Waals surface area contributed by atoms with Crippen molar-refractivity contribution in [3.05, 3.63) is 28.8 Å². The molecule has 0 radical (unpaired) electrons. The van der Waals surface area contributed by atoms with Crippen molar-refractivity contribution < 1.29 is 4.74 Å². The first-order valence-corrected chi connectivity index (χ1v) is 7.98. The number of hydrogen-bond donors (Lipinski definition) is 0. The van der Waals surface area contributed by atoms with Crippen molar-refractivity contribution in [2.75, 3.05) is 6.61 Å². The topological polar surface area (TPSA) is 33.0 Å². The fraction of sp³-hybridized carbons (Fsp3) is 0.588. The van der Waals surface area contributed by atoms with Crippen LogP contribution in [0.4, 0.5) is 0 Å². The molecule has 0 aliphatic rings. The Morgan fingerprint density at radius 2 is 1.70 bits per heavy atom. The number of halogens is 1. The minimum absolute atomic E-state index is 0.439. The van der Waals surface area contributed by atoms with Gasteiger partial charge in [-0.2, -0.15) is 5.26 Å². The third kappa shape index (κ3) is 6.30. The Balaban J connectivity index is 2.13. The molecule has 0 amide bonds. The summed E-state index contributed by atoms with van der Waals surface area (Å²) < 4.78 is 5.65. The van der Waals surface area contributed by atoms with Crippen molar-refractivity contribution in [2.45, 2.75) is 58.3 Å². The van der Waals surface area contributed by atoms with Gasteiger partial charge in [0.2, 0.25) is 0 Å². The highest BCUT2D eigenvalue weighted by atomic mass is 35.5. The van der Waals surface area contributed by atoms with Gasteiger partial charge in [-0.1, -0.05) is 69.5 Å². The van der Waals surface area contributed by atoms with E-state index in [1.165, 1.54) is 44.9 Å². The molecule has 0 bridgehead atoms. The first kappa shape index (κ1) is 16.9. The summed E-state index contributed by atoms with van der Waals surface area (Å²) in [5.41, 5.74) is 0.439. The van der Waals surface area contributed by atoms with Crippen LogP contribution in [-0.2, 0) is 0 Å². The van der Waals surface area contributed by atoms with Gasteiger partial charge < -0.3 is 4.74 Å². The Hall–Kier alpha value is -1.20. The molecule has 110 valence electrons. The Kier molecular flexibility index (Phi) is 8.91. The van der Waals surface area contributed by atoms with E-state index in [1.807, 2.05) is 6.07 Å². The monoisotopic (exact) mass is 293 g/mol. The number of hydrogen-bond acceptors (Lipinski definition) is 2. The highest BCUT2D eigenvalue weighted by molar-refractivity contribution is 6.31. The van der Waals surface area contributed by atoms with E-state index in [2.05, 4.69) is 13.0 Å². The van der Waals surface area contributed by atoms with Crippen LogP contribution in [0, 0.1) is 11.3 Å². The smallest absolute Gasteiger partial charge is 0.138 e. The van der Waals surface area contributed by atoms with Crippen molar-refractivity contribution >= 4 is 11.6 Å². The average Bonchev–Trinajstić information content (AvgIpc) is 2.45. The van der Waals surface area contributed by atoms with E-state index in [0.717, 1.165) is 6.42 Å². The Bertz CT molecular complexity index is 425. The number of nitriles is 1. The summed E-state index contributed by atoms with van der Waals surface area (Å²) in [6.45, 7) is 2.90. The van der Waals surface area contributed by atoms with Crippen LogP contribution in [0.5, 0.6) is 5.75 Å². The van der Waals surface area contributed by atoms with E-state index in [-0.39, 0.29) is 0 Å².